The van der Waals surface area contributed by atoms with Gasteiger partial charge in [-0.1, -0.05) is 11.6 Å². The van der Waals surface area contributed by atoms with E-state index in [0.717, 1.165) is 32.0 Å². The molecule has 0 saturated carbocycles. The van der Waals surface area contributed by atoms with Crippen molar-refractivity contribution in [3.8, 4) is 0 Å². The van der Waals surface area contributed by atoms with Crippen molar-refractivity contribution in [3.63, 3.8) is 0 Å². The molecule has 0 aliphatic carbocycles. The van der Waals surface area contributed by atoms with Crippen molar-refractivity contribution in [2.24, 2.45) is 5.92 Å². The van der Waals surface area contributed by atoms with E-state index in [4.69, 9.17) is 21.1 Å². The number of anilines is 1. The number of hydrogen-bond acceptors (Lipinski definition) is 5. The van der Waals surface area contributed by atoms with Crippen LogP contribution in [0.1, 0.15) is 25.6 Å². The van der Waals surface area contributed by atoms with E-state index in [9.17, 15) is 0 Å². The number of aromatic nitrogens is 2. The third kappa shape index (κ3) is 4.58. The van der Waals surface area contributed by atoms with Crippen LogP contribution >= 0.6 is 11.6 Å². The number of nitrogens with zero attached hydrogens (tertiary/aromatic N) is 3. The van der Waals surface area contributed by atoms with Gasteiger partial charge < -0.3 is 14.4 Å². The standard InChI is InChI=1S/C14H22ClN3O2/c1-3-19-10-13-16-12(15)7-14(17-13)18(2)8-11-5-4-6-20-9-11/h7,11H,3-6,8-10H2,1-2H3. The molecular weight excluding hydrogens is 278 g/mol. The van der Waals surface area contributed by atoms with Gasteiger partial charge in [-0.3, -0.25) is 0 Å². The number of halogens is 1. The summed E-state index contributed by atoms with van der Waals surface area (Å²) in [6.45, 7) is 5.61. The summed E-state index contributed by atoms with van der Waals surface area (Å²) < 4.78 is 10.9. The molecule has 6 heteroatoms. The van der Waals surface area contributed by atoms with Gasteiger partial charge in [-0.05, 0) is 25.7 Å². The first kappa shape index (κ1) is 15.5. The quantitative estimate of drug-likeness (QED) is 0.756. The van der Waals surface area contributed by atoms with Gasteiger partial charge in [0, 0.05) is 32.9 Å². The molecule has 1 aromatic rings. The van der Waals surface area contributed by atoms with Crippen molar-refractivity contribution in [2.45, 2.75) is 26.4 Å². The van der Waals surface area contributed by atoms with Crippen LogP contribution in [0.4, 0.5) is 5.82 Å². The van der Waals surface area contributed by atoms with Gasteiger partial charge in [0.15, 0.2) is 5.82 Å². The fraction of sp³-hybridized carbons (Fsp3) is 0.714. The highest BCUT2D eigenvalue weighted by Crippen LogP contribution is 2.20. The normalized spacial score (nSPS) is 19.1. The van der Waals surface area contributed by atoms with Crippen LogP contribution in [0, 0.1) is 5.92 Å². The summed E-state index contributed by atoms with van der Waals surface area (Å²) in [6, 6.07) is 1.79. The Balaban J connectivity index is 2.00. The predicted molar refractivity (Wildman–Crippen MR) is 79.2 cm³/mol. The first-order valence-electron chi connectivity index (χ1n) is 7.09. The highest BCUT2D eigenvalue weighted by atomic mass is 35.5. The highest BCUT2D eigenvalue weighted by Gasteiger charge is 2.17. The largest absolute Gasteiger partial charge is 0.381 e. The molecule has 0 N–H and O–H groups in total. The van der Waals surface area contributed by atoms with Gasteiger partial charge in [0.05, 0.1) is 6.61 Å². The smallest absolute Gasteiger partial charge is 0.158 e. The van der Waals surface area contributed by atoms with Gasteiger partial charge in [-0.2, -0.15) is 0 Å². The highest BCUT2D eigenvalue weighted by molar-refractivity contribution is 6.29. The summed E-state index contributed by atoms with van der Waals surface area (Å²) in [7, 11) is 2.03. The van der Waals surface area contributed by atoms with Crippen molar-refractivity contribution in [1.82, 2.24) is 9.97 Å². The first-order valence-corrected chi connectivity index (χ1v) is 7.47. The molecule has 1 unspecified atom stereocenters. The maximum Gasteiger partial charge on any atom is 0.158 e. The van der Waals surface area contributed by atoms with Crippen molar-refractivity contribution >= 4 is 17.4 Å². The first-order chi connectivity index (χ1) is 9.69. The van der Waals surface area contributed by atoms with E-state index < -0.39 is 0 Å². The minimum atomic E-state index is 0.393. The Hall–Kier alpha value is -0.910. The average Bonchev–Trinajstić information content (AvgIpc) is 2.45. The van der Waals surface area contributed by atoms with E-state index in [-0.39, 0.29) is 0 Å². The maximum absolute atomic E-state index is 6.06. The molecule has 2 rings (SSSR count). The minimum absolute atomic E-state index is 0.393. The van der Waals surface area contributed by atoms with E-state index >= 15 is 0 Å². The Morgan fingerprint density at radius 2 is 2.35 bits per heavy atom. The number of hydrogen-bond donors (Lipinski definition) is 0. The molecule has 0 amide bonds. The van der Waals surface area contributed by atoms with Crippen molar-refractivity contribution in [3.05, 3.63) is 17.0 Å². The summed E-state index contributed by atoms with van der Waals surface area (Å²) >= 11 is 6.06. The van der Waals surface area contributed by atoms with Crippen LogP contribution in [0.25, 0.3) is 0 Å². The average molecular weight is 300 g/mol. The topological polar surface area (TPSA) is 47.5 Å². The van der Waals surface area contributed by atoms with Gasteiger partial charge in [0.2, 0.25) is 0 Å². The van der Waals surface area contributed by atoms with Gasteiger partial charge >= 0.3 is 0 Å². The summed E-state index contributed by atoms with van der Waals surface area (Å²) in [5.74, 6) is 2.02. The molecule has 1 atom stereocenters. The Morgan fingerprint density at radius 1 is 1.50 bits per heavy atom. The van der Waals surface area contributed by atoms with Crippen LogP contribution < -0.4 is 4.90 Å². The van der Waals surface area contributed by atoms with Gasteiger partial charge in [0.1, 0.15) is 17.6 Å². The fourth-order valence-corrected chi connectivity index (χ4v) is 2.53. The molecule has 1 fully saturated rings. The maximum atomic E-state index is 6.06. The molecule has 1 aliphatic rings. The van der Waals surface area contributed by atoms with E-state index in [1.165, 1.54) is 6.42 Å². The fourth-order valence-electron chi connectivity index (χ4n) is 2.34. The molecule has 2 heterocycles. The SMILES string of the molecule is CCOCc1nc(Cl)cc(N(C)CC2CCCOC2)n1. The lowest BCUT2D eigenvalue weighted by Crippen LogP contribution is -2.31. The van der Waals surface area contributed by atoms with Crippen LogP contribution in [0.15, 0.2) is 6.07 Å². The van der Waals surface area contributed by atoms with Crippen LogP contribution in [0.5, 0.6) is 0 Å². The second-order valence-corrected chi connectivity index (χ2v) is 5.45. The summed E-state index contributed by atoms with van der Waals surface area (Å²) in [5, 5.41) is 0.455. The molecule has 5 nitrogen and oxygen atoms in total. The molecule has 1 aromatic heterocycles. The van der Waals surface area contributed by atoms with E-state index in [1.807, 2.05) is 14.0 Å². The Kier molecular flexibility index (Phi) is 6.01. The van der Waals surface area contributed by atoms with Crippen molar-refractivity contribution in [2.75, 3.05) is 38.3 Å². The summed E-state index contributed by atoms with van der Waals surface area (Å²) in [5.41, 5.74) is 0. The molecule has 0 bridgehead atoms. The van der Waals surface area contributed by atoms with Crippen LogP contribution in [-0.2, 0) is 16.1 Å². The van der Waals surface area contributed by atoms with Crippen LogP contribution in [0.2, 0.25) is 5.15 Å². The number of rotatable bonds is 6. The van der Waals surface area contributed by atoms with Crippen molar-refractivity contribution < 1.29 is 9.47 Å². The zero-order chi connectivity index (χ0) is 14.4. The molecule has 0 aromatic carbocycles. The van der Waals surface area contributed by atoms with E-state index in [1.54, 1.807) is 6.07 Å². The number of ether oxygens (including phenoxy) is 2. The van der Waals surface area contributed by atoms with Gasteiger partial charge in [-0.15, -0.1) is 0 Å². The zero-order valence-electron chi connectivity index (χ0n) is 12.1. The molecule has 0 radical (unpaired) electrons. The second kappa shape index (κ2) is 7.76. The zero-order valence-corrected chi connectivity index (χ0v) is 12.9. The molecule has 1 saturated heterocycles. The monoisotopic (exact) mass is 299 g/mol. The molecule has 0 spiro atoms. The van der Waals surface area contributed by atoms with Gasteiger partial charge in [-0.25, -0.2) is 9.97 Å². The lowest BCUT2D eigenvalue weighted by atomic mass is 10.0. The Morgan fingerprint density at radius 3 is 3.05 bits per heavy atom. The van der Waals surface area contributed by atoms with Gasteiger partial charge in [0.25, 0.3) is 0 Å². The van der Waals surface area contributed by atoms with E-state index in [2.05, 4.69) is 14.9 Å². The summed E-state index contributed by atoms with van der Waals surface area (Å²) in [4.78, 5) is 10.8. The second-order valence-electron chi connectivity index (χ2n) is 5.07. The van der Waals surface area contributed by atoms with Crippen LogP contribution in [0.3, 0.4) is 0 Å². The van der Waals surface area contributed by atoms with Crippen molar-refractivity contribution in [1.29, 1.82) is 0 Å². The van der Waals surface area contributed by atoms with E-state index in [0.29, 0.717) is 30.1 Å². The minimum Gasteiger partial charge on any atom is -0.381 e. The lowest BCUT2D eigenvalue weighted by Gasteiger charge is -2.27. The predicted octanol–water partition coefficient (Wildman–Crippen LogP) is 2.53. The molecule has 112 valence electrons. The molecular formula is C14H22ClN3O2. The molecule has 20 heavy (non-hydrogen) atoms. The Bertz CT molecular complexity index is 425. The third-order valence-corrected chi connectivity index (χ3v) is 3.53. The Labute approximate surface area is 125 Å². The third-order valence-electron chi connectivity index (χ3n) is 3.34. The summed E-state index contributed by atoms with van der Waals surface area (Å²) in [6.07, 6.45) is 2.34. The molecule has 1 aliphatic heterocycles. The van der Waals surface area contributed by atoms with Crippen LogP contribution in [-0.4, -0.2) is 43.4 Å². The lowest BCUT2D eigenvalue weighted by molar-refractivity contribution is 0.0576.